The van der Waals surface area contributed by atoms with Gasteiger partial charge in [0.15, 0.2) is 11.6 Å². The lowest BCUT2D eigenvalue weighted by atomic mass is 10.1. The summed E-state index contributed by atoms with van der Waals surface area (Å²) in [6, 6.07) is 35.1. The van der Waals surface area contributed by atoms with Crippen molar-refractivity contribution >= 4 is 104 Å². The topological polar surface area (TPSA) is 98.7 Å². The lowest BCUT2D eigenvalue weighted by Crippen LogP contribution is -2.03. The van der Waals surface area contributed by atoms with E-state index in [9.17, 15) is 19.8 Å². The SMILES string of the molecule is CC(=O)c1cc(Cl)cc(NCc2ccccc2Sc2ccc(Cl)c(Cl)c2)c1O.CC(=O)c1cc(Cl)cc(NCc2ccccc2Sc2cccc(Cl)c2)c1O. The number of carbonyl (C=O) groups is 2. The van der Waals surface area contributed by atoms with Crippen molar-refractivity contribution in [2.75, 3.05) is 10.6 Å². The molecule has 4 N–H and O–H groups in total. The van der Waals surface area contributed by atoms with Crippen LogP contribution in [0, 0.1) is 0 Å². The largest absolute Gasteiger partial charge is 0.505 e. The molecule has 282 valence electrons. The van der Waals surface area contributed by atoms with Gasteiger partial charge in [-0.2, -0.15) is 0 Å². The maximum Gasteiger partial charge on any atom is 0.163 e. The molecule has 0 atom stereocenters. The Balaban J connectivity index is 0.000000211. The first-order chi connectivity index (χ1) is 26.3. The normalized spacial score (nSPS) is 10.7. The number of phenols is 2. The first kappa shape index (κ1) is 42.2. The molecule has 0 aliphatic heterocycles. The van der Waals surface area contributed by atoms with Crippen LogP contribution >= 0.6 is 81.5 Å². The number of Topliss-reactive ketones (excluding diaryl/α,β-unsaturated/α-hetero) is 2. The number of ketones is 2. The lowest BCUT2D eigenvalue weighted by molar-refractivity contribution is 0.100. The number of hydrogen-bond acceptors (Lipinski definition) is 8. The summed E-state index contributed by atoms with van der Waals surface area (Å²) in [4.78, 5) is 27.5. The quantitative estimate of drug-likeness (QED) is 0.0713. The predicted octanol–water partition coefficient (Wildman–Crippen LogP) is 14.0. The van der Waals surface area contributed by atoms with E-state index in [2.05, 4.69) is 10.6 Å². The van der Waals surface area contributed by atoms with Gasteiger partial charge in [-0.3, -0.25) is 9.59 Å². The Morgan fingerprint density at radius 3 is 1.45 bits per heavy atom. The average Bonchev–Trinajstić information content (AvgIpc) is 3.14. The highest BCUT2D eigenvalue weighted by Gasteiger charge is 2.15. The van der Waals surface area contributed by atoms with Crippen molar-refractivity contribution in [3.05, 3.63) is 163 Å². The van der Waals surface area contributed by atoms with Crippen molar-refractivity contribution in [3.8, 4) is 11.5 Å². The molecule has 0 unspecified atom stereocenters. The van der Waals surface area contributed by atoms with Gasteiger partial charge >= 0.3 is 0 Å². The molecule has 0 radical (unpaired) electrons. The molecule has 0 spiro atoms. The van der Waals surface area contributed by atoms with E-state index in [1.807, 2.05) is 84.9 Å². The number of aromatic hydroxyl groups is 2. The third-order valence-corrected chi connectivity index (χ3v) is 11.6. The highest BCUT2D eigenvalue weighted by atomic mass is 35.5. The fourth-order valence-electron chi connectivity index (χ4n) is 5.21. The number of anilines is 2. The zero-order chi connectivity index (χ0) is 39.6. The van der Waals surface area contributed by atoms with Crippen molar-refractivity contribution in [1.29, 1.82) is 0 Å². The minimum absolute atomic E-state index is 0.0909. The van der Waals surface area contributed by atoms with Crippen LogP contribution in [0.4, 0.5) is 11.4 Å². The van der Waals surface area contributed by atoms with Gasteiger partial charge in [-0.25, -0.2) is 0 Å². The first-order valence-electron chi connectivity index (χ1n) is 16.6. The molecule has 0 bridgehead atoms. The smallest absolute Gasteiger partial charge is 0.163 e. The van der Waals surface area contributed by atoms with Crippen LogP contribution in [0.2, 0.25) is 25.1 Å². The number of rotatable bonds is 12. The monoisotopic (exact) mass is 868 g/mol. The molecule has 13 heteroatoms. The van der Waals surface area contributed by atoms with E-state index in [1.54, 1.807) is 41.7 Å². The summed E-state index contributed by atoms with van der Waals surface area (Å²) >= 11 is 33.5. The lowest BCUT2D eigenvalue weighted by Gasteiger charge is -2.14. The number of hydrogen-bond donors (Lipinski definition) is 4. The number of benzene rings is 6. The molecule has 0 aliphatic carbocycles. The summed E-state index contributed by atoms with van der Waals surface area (Å²) < 4.78 is 0. The molecule has 6 aromatic carbocycles. The maximum absolute atomic E-state index is 11.7. The van der Waals surface area contributed by atoms with Crippen LogP contribution in [0.25, 0.3) is 0 Å². The fraction of sp³-hybridized carbons (Fsp3) is 0.0952. The summed E-state index contributed by atoms with van der Waals surface area (Å²) in [6.45, 7) is 3.69. The molecule has 0 heterocycles. The van der Waals surface area contributed by atoms with Crippen LogP contribution in [0.15, 0.2) is 135 Å². The van der Waals surface area contributed by atoms with Crippen LogP contribution in [-0.2, 0) is 13.1 Å². The van der Waals surface area contributed by atoms with Crippen molar-refractivity contribution in [3.63, 3.8) is 0 Å². The van der Waals surface area contributed by atoms with Gasteiger partial charge in [0.1, 0.15) is 11.5 Å². The number of nitrogens with one attached hydrogen (secondary N) is 2. The second kappa shape index (κ2) is 19.7. The van der Waals surface area contributed by atoms with Gasteiger partial charge in [0, 0.05) is 47.7 Å². The Hall–Kier alpha value is -3.99. The van der Waals surface area contributed by atoms with Crippen LogP contribution in [0.5, 0.6) is 11.5 Å². The highest BCUT2D eigenvalue weighted by molar-refractivity contribution is 7.99. The van der Waals surface area contributed by atoms with Crippen LogP contribution < -0.4 is 10.6 Å². The molecule has 6 nitrogen and oxygen atoms in total. The highest BCUT2D eigenvalue weighted by Crippen LogP contribution is 2.37. The van der Waals surface area contributed by atoms with E-state index < -0.39 is 0 Å². The molecule has 6 aromatic rings. The first-order valence-corrected chi connectivity index (χ1v) is 20.1. The van der Waals surface area contributed by atoms with E-state index in [4.69, 9.17) is 58.0 Å². The molecule has 0 aliphatic rings. The molecule has 55 heavy (non-hydrogen) atoms. The van der Waals surface area contributed by atoms with Gasteiger partial charge in [-0.15, -0.1) is 0 Å². The number of carbonyl (C=O) groups excluding carboxylic acids is 2. The Labute approximate surface area is 353 Å². The van der Waals surface area contributed by atoms with Crippen molar-refractivity contribution in [2.24, 2.45) is 0 Å². The summed E-state index contributed by atoms with van der Waals surface area (Å²) in [7, 11) is 0. The third kappa shape index (κ3) is 11.8. The molecule has 0 amide bonds. The van der Waals surface area contributed by atoms with Crippen LogP contribution in [-0.4, -0.2) is 21.8 Å². The minimum Gasteiger partial charge on any atom is -0.505 e. The summed E-state index contributed by atoms with van der Waals surface area (Å²) in [5, 5.41) is 29.5. The van der Waals surface area contributed by atoms with Gasteiger partial charge < -0.3 is 20.8 Å². The standard InChI is InChI=1S/C21H16Cl3NO2S.C21H17Cl2NO2S/c1-12(26)16-8-14(22)9-19(21(16)27)25-11-13-4-2-3-5-20(13)28-15-6-7-17(23)18(24)10-15;1-13(25)18-10-16(23)11-19(21(18)26)24-12-14-5-2-3-8-20(14)27-17-7-4-6-15(22)9-17/h2-10,25,27H,11H2,1H3;2-11,24,26H,12H2,1H3. The molecular weight excluding hydrogens is 838 g/mol. The van der Waals surface area contributed by atoms with Crippen molar-refractivity contribution < 1.29 is 19.8 Å². The Morgan fingerprint density at radius 2 is 1.00 bits per heavy atom. The van der Waals surface area contributed by atoms with Crippen LogP contribution in [0.3, 0.4) is 0 Å². The second-order valence-electron chi connectivity index (χ2n) is 12.0. The maximum atomic E-state index is 11.7. The molecule has 0 fully saturated rings. The van der Waals surface area contributed by atoms with E-state index >= 15 is 0 Å². The molecule has 0 saturated carbocycles. The zero-order valence-electron chi connectivity index (χ0n) is 29.3. The number of phenolic OH excluding ortho intramolecular Hbond substituents is 2. The van der Waals surface area contributed by atoms with E-state index in [0.29, 0.717) is 49.6 Å². The summed E-state index contributed by atoms with van der Waals surface area (Å²) in [5.41, 5.74) is 3.29. The van der Waals surface area contributed by atoms with E-state index in [-0.39, 0.29) is 34.2 Å². The number of halogens is 5. The molecule has 0 aromatic heterocycles. The fourth-order valence-corrected chi connectivity index (χ4v) is 8.25. The average molecular weight is 871 g/mol. The Kier molecular flexibility index (Phi) is 15.1. The van der Waals surface area contributed by atoms with Crippen LogP contribution in [0.1, 0.15) is 45.7 Å². The van der Waals surface area contributed by atoms with Gasteiger partial charge in [-0.1, -0.05) is 124 Å². The predicted molar refractivity (Wildman–Crippen MR) is 230 cm³/mol. The van der Waals surface area contributed by atoms with Gasteiger partial charge in [0.05, 0.1) is 32.5 Å². The molecule has 6 rings (SSSR count). The van der Waals surface area contributed by atoms with E-state index in [1.165, 1.54) is 26.0 Å². The van der Waals surface area contributed by atoms with Gasteiger partial charge in [-0.05, 0) is 97.8 Å². The molecular formula is C42H33Cl5N2O4S2. The second-order valence-corrected chi connectivity index (χ2v) is 16.3. The summed E-state index contributed by atoms with van der Waals surface area (Å²) in [6.07, 6.45) is 0. The van der Waals surface area contributed by atoms with E-state index in [0.717, 1.165) is 30.7 Å². The van der Waals surface area contributed by atoms with Crippen molar-refractivity contribution in [1.82, 2.24) is 0 Å². The molecule has 0 saturated heterocycles. The van der Waals surface area contributed by atoms with Crippen molar-refractivity contribution in [2.45, 2.75) is 46.5 Å². The minimum atomic E-state index is -0.251. The Bertz CT molecular complexity index is 2360. The van der Waals surface area contributed by atoms with Gasteiger partial charge in [0.2, 0.25) is 0 Å². The van der Waals surface area contributed by atoms with Gasteiger partial charge in [0.25, 0.3) is 0 Å². The summed E-state index contributed by atoms with van der Waals surface area (Å²) in [5.74, 6) is -0.688. The Morgan fingerprint density at radius 1 is 0.527 bits per heavy atom. The third-order valence-electron chi connectivity index (χ3n) is 7.93. The zero-order valence-corrected chi connectivity index (χ0v) is 34.7.